The largest absolute Gasteiger partial charge is 0.311 e. The summed E-state index contributed by atoms with van der Waals surface area (Å²) in [5.74, 6) is 0. The molecule has 1 unspecified atom stereocenters. The van der Waals surface area contributed by atoms with Gasteiger partial charge in [0.15, 0.2) is 0 Å². The fourth-order valence-corrected chi connectivity index (χ4v) is 12.7. The van der Waals surface area contributed by atoms with E-state index in [0.717, 1.165) is 6.42 Å². The molecule has 8 aromatic rings. The second-order valence-corrected chi connectivity index (χ2v) is 23.6. The van der Waals surface area contributed by atoms with Crippen LogP contribution >= 0.6 is 0 Å². The van der Waals surface area contributed by atoms with Crippen molar-refractivity contribution in [3.63, 3.8) is 0 Å². The van der Waals surface area contributed by atoms with Crippen molar-refractivity contribution in [2.24, 2.45) is 0 Å². The average Bonchev–Trinajstić information content (AvgIpc) is 3.53. The highest BCUT2D eigenvalue weighted by molar-refractivity contribution is 7.00. The molecule has 3 aliphatic heterocycles. The lowest BCUT2D eigenvalue weighted by Gasteiger charge is -2.46. The van der Waals surface area contributed by atoms with E-state index in [4.69, 9.17) is 0 Å². The fourth-order valence-electron chi connectivity index (χ4n) is 12.7. The number of anilines is 6. The molecule has 340 valence electrons. The van der Waals surface area contributed by atoms with Crippen LogP contribution in [-0.4, -0.2) is 6.71 Å². The van der Waals surface area contributed by atoms with E-state index in [1.807, 2.05) is 0 Å². The zero-order valence-electron chi connectivity index (χ0n) is 42.3. The summed E-state index contributed by atoms with van der Waals surface area (Å²) in [5.41, 5.74) is 28.1. The summed E-state index contributed by atoms with van der Waals surface area (Å²) in [5, 5.41) is 0. The zero-order chi connectivity index (χ0) is 47.9. The summed E-state index contributed by atoms with van der Waals surface area (Å²) in [6.45, 7) is 26.0. The van der Waals surface area contributed by atoms with E-state index >= 15 is 0 Å². The molecule has 8 aromatic carbocycles. The van der Waals surface area contributed by atoms with Crippen LogP contribution < -0.4 is 26.2 Å². The monoisotopic (exact) mass is 895 g/mol. The second-order valence-electron chi connectivity index (χ2n) is 23.6. The van der Waals surface area contributed by atoms with Crippen LogP contribution in [0.2, 0.25) is 0 Å². The summed E-state index contributed by atoms with van der Waals surface area (Å²) in [6, 6.07) is 63.6. The summed E-state index contributed by atoms with van der Waals surface area (Å²) in [7, 11) is 0. The molecule has 69 heavy (non-hydrogen) atoms. The quantitative estimate of drug-likeness (QED) is 0.162. The maximum absolute atomic E-state index is 2.68. The first kappa shape index (κ1) is 43.4. The Hall–Kier alpha value is -6.84. The van der Waals surface area contributed by atoms with Crippen molar-refractivity contribution in [2.45, 2.75) is 104 Å². The fraction of sp³-hybridized carbons (Fsp3) is 0.242. The van der Waals surface area contributed by atoms with Crippen molar-refractivity contribution >= 4 is 68.9 Å². The molecule has 1 aliphatic carbocycles. The molecule has 6 bridgehead atoms. The molecule has 0 N–H and O–H groups in total. The van der Waals surface area contributed by atoms with Crippen LogP contribution in [0.4, 0.5) is 34.1 Å². The number of benzene rings is 8. The lowest BCUT2D eigenvalue weighted by atomic mass is 9.33. The lowest BCUT2D eigenvalue weighted by Crippen LogP contribution is -2.61. The zero-order valence-corrected chi connectivity index (χ0v) is 42.3. The maximum Gasteiger partial charge on any atom is 0.252 e. The minimum absolute atomic E-state index is 0.0229. The Bertz CT molecular complexity index is 3450. The predicted molar refractivity (Wildman–Crippen MR) is 297 cm³/mol. The highest BCUT2D eigenvalue weighted by Gasteiger charge is 2.50. The van der Waals surface area contributed by atoms with Crippen LogP contribution in [0, 0.1) is 13.8 Å². The summed E-state index contributed by atoms with van der Waals surface area (Å²) < 4.78 is 0. The molecule has 0 amide bonds. The van der Waals surface area contributed by atoms with Crippen molar-refractivity contribution in [1.82, 2.24) is 0 Å². The van der Waals surface area contributed by atoms with Gasteiger partial charge in [0.2, 0.25) is 0 Å². The van der Waals surface area contributed by atoms with E-state index in [0.29, 0.717) is 0 Å². The van der Waals surface area contributed by atoms with E-state index in [2.05, 4.69) is 256 Å². The van der Waals surface area contributed by atoms with Gasteiger partial charge in [0, 0.05) is 39.4 Å². The van der Waals surface area contributed by atoms with Crippen molar-refractivity contribution in [3.05, 3.63) is 219 Å². The third-order valence-corrected chi connectivity index (χ3v) is 16.2. The number of hydrogen-bond acceptors (Lipinski definition) is 2. The molecule has 0 fully saturated rings. The van der Waals surface area contributed by atoms with Crippen molar-refractivity contribution in [1.29, 1.82) is 0 Å². The molecular weight excluding hydrogens is 832 g/mol. The first-order chi connectivity index (χ1) is 32.9. The SMILES string of the molecule is Cc1cc2c3c(c1)N(c1ccc(C(C)(C)C)cc1-c1ccccc1)c1ccc4cc1B3c1cc3c(cc1N2c1ccc(C(C)(C)C)cc1C)C(C)(C)CC3(C)c1cccc(c1)/C4=C/c1ccccc1. The number of nitrogens with zero attached hydrogens (tertiary/aromatic N) is 2. The number of hydrogen-bond donors (Lipinski definition) is 0. The molecule has 3 heteroatoms. The van der Waals surface area contributed by atoms with Gasteiger partial charge in [0.25, 0.3) is 6.71 Å². The average molecular weight is 895 g/mol. The topological polar surface area (TPSA) is 6.48 Å². The summed E-state index contributed by atoms with van der Waals surface area (Å²) in [6.07, 6.45) is 3.44. The Morgan fingerprint density at radius 1 is 0.493 bits per heavy atom. The van der Waals surface area contributed by atoms with Crippen molar-refractivity contribution in [3.8, 4) is 11.1 Å². The molecule has 3 heterocycles. The predicted octanol–water partition coefficient (Wildman–Crippen LogP) is 15.5. The van der Waals surface area contributed by atoms with E-state index in [1.165, 1.54) is 123 Å². The minimum Gasteiger partial charge on any atom is -0.311 e. The van der Waals surface area contributed by atoms with E-state index in [9.17, 15) is 0 Å². The smallest absolute Gasteiger partial charge is 0.252 e. The van der Waals surface area contributed by atoms with Crippen LogP contribution in [0.15, 0.2) is 164 Å². The molecule has 12 rings (SSSR count). The molecule has 0 radical (unpaired) electrons. The Morgan fingerprint density at radius 2 is 1.09 bits per heavy atom. The van der Waals surface area contributed by atoms with Crippen LogP contribution in [0.5, 0.6) is 0 Å². The third kappa shape index (κ3) is 6.75. The number of aryl methyl sites for hydroxylation is 2. The van der Waals surface area contributed by atoms with Crippen molar-refractivity contribution in [2.75, 3.05) is 9.80 Å². The van der Waals surface area contributed by atoms with Gasteiger partial charge >= 0.3 is 0 Å². The van der Waals surface area contributed by atoms with Gasteiger partial charge in [-0.3, -0.25) is 0 Å². The van der Waals surface area contributed by atoms with Gasteiger partial charge in [-0.2, -0.15) is 0 Å². The van der Waals surface area contributed by atoms with E-state index in [1.54, 1.807) is 0 Å². The Morgan fingerprint density at radius 3 is 1.77 bits per heavy atom. The van der Waals surface area contributed by atoms with Crippen LogP contribution in [0.25, 0.3) is 22.8 Å². The number of fused-ring (bicyclic) bond motifs is 4. The van der Waals surface area contributed by atoms with Gasteiger partial charge in [-0.25, -0.2) is 0 Å². The van der Waals surface area contributed by atoms with Crippen LogP contribution in [-0.2, 0) is 21.7 Å². The van der Waals surface area contributed by atoms with Gasteiger partial charge in [0.1, 0.15) is 0 Å². The maximum atomic E-state index is 2.68. The third-order valence-electron chi connectivity index (χ3n) is 16.2. The lowest BCUT2D eigenvalue weighted by molar-refractivity contribution is 0.425. The second kappa shape index (κ2) is 15.1. The molecule has 4 aliphatic rings. The van der Waals surface area contributed by atoms with E-state index < -0.39 is 0 Å². The summed E-state index contributed by atoms with van der Waals surface area (Å²) in [4.78, 5) is 5.29. The van der Waals surface area contributed by atoms with Crippen LogP contribution in [0.3, 0.4) is 0 Å². The minimum atomic E-state index is -0.205. The molecule has 0 saturated heterocycles. The van der Waals surface area contributed by atoms with Crippen molar-refractivity contribution < 1.29 is 0 Å². The molecule has 2 nitrogen and oxygen atoms in total. The van der Waals surface area contributed by atoms with Gasteiger partial charge in [0.05, 0.1) is 5.69 Å². The standard InChI is InChI=1S/C66H63BN2/c1-41-31-60-62-61(32-41)69(57-30-27-48(64(6,7)8)37-51(57)44-21-16-13-17-22-44)58-28-25-46-36-54(58)67(62)55-38-53-52(39-59(55)68(60)56-29-26-47(33-42(56)2)63(3,4)5)65(9,10)40-66(53,11)49-24-18-23-45(35-49)50(46)34-43-19-14-12-15-20-43/h12-39H,40H2,1-11H3/b50-34-. The summed E-state index contributed by atoms with van der Waals surface area (Å²) >= 11 is 0. The van der Waals surface area contributed by atoms with Gasteiger partial charge in [-0.1, -0.05) is 184 Å². The first-order valence-electron chi connectivity index (χ1n) is 25.2. The normalized spacial score (nSPS) is 17.8. The molecule has 1 atom stereocenters. The highest BCUT2D eigenvalue weighted by atomic mass is 15.2. The Labute approximate surface area is 411 Å². The van der Waals surface area contributed by atoms with Gasteiger partial charge < -0.3 is 9.80 Å². The molecule has 0 saturated carbocycles. The molecular formula is C66H63BN2. The Kier molecular flexibility index (Phi) is 9.50. The molecule has 0 aromatic heterocycles. The van der Waals surface area contributed by atoms with Crippen LogP contribution in [0.1, 0.15) is 124 Å². The Balaban J connectivity index is 1.24. The van der Waals surface area contributed by atoms with E-state index in [-0.39, 0.29) is 28.4 Å². The van der Waals surface area contributed by atoms with Gasteiger partial charge in [-0.05, 0) is 168 Å². The number of rotatable bonds is 4. The highest BCUT2D eigenvalue weighted by Crippen LogP contribution is 2.56. The molecule has 0 spiro atoms. The van der Waals surface area contributed by atoms with Gasteiger partial charge in [-0.15, -0.1) is 0 Å². The first-order valence-corrected chi connectivity index (χ1v) is 25.2.